The molecule has 0 aromatic heterocycles. The van der Waals surface area contributed by atoms with Crippen molar-refractivity contribution in [1.29, 1.82) is 0 Å². The highest BCUT2D eigenvalue weighted by Gasteiger charge is 2.65. The van der Waals surface area contributed by atoms with Gasteiger partial charge in [-0.25, -0.2) is 13.1 Å². The van der Waals surface area contributed by atoms with Gasteiger partial charge in [0.1, 0.15) is 11.8 Å². The second-order valence-electron chi connectivity index (χ2n) is 13.8. The topological polar surface area (TPSA) is 242 Å². The minimum atomic E-state index is -4.15. The van der Waals surface area contributed by atoms with Crippen LogP contribution < -0.4 is 20.7 Å². The van der Waals surface area contributed by atoms with Crippen LogP contribution in [-0.4, -0.2) is 90.8 Å². The molecule has 2 saturated carbocycles. The molecular weight excluding hydrogens is 672 g/mol. The standard InChI is InChI=1S/C34H48N4O11S/c1-4-22(18-35-32(47)24(11-13-29(42)43)37-28(41)12-10-21-8-6-5-7-9-21)31(46)38-25(17-30(44)45)26(39)19-36-50(48,49)20-34-15-14-23(16-27(34)40)33(34,2)3/h5-9,22-25,36H,4,10-20H2,1-3H3,(H,35,47)(H,37,41)(H,38,46)(H,42,43)(H,44,45). The summed E-state index contributed by atoms with van der Waals surface area (Å²) >= 11 is 0. The molecule has 0 heterocycles. The summed E-state index contributed by atoms with van der Waals surface area (Å²) in [6.07, 6.45) is 0.590. The third-order valence-corrected chi connectivity index (χ3v) is 11.8. The first-order chi connectivity index (χ1) is 23.4. The van der Waals surface area contributed by atoms with E-state index in [1.54, 1.807) is 6.92 Å². The predicted molar refractivity (Wildman–Crippen MR) is 180 cm³/mol. The average Bonchev–Trinajstić information content (AvgIpc) is 3.39. The van der Waals surface area contributed by atoms with Crippen molar-refractivity contribution in [3.63, 3.8) is 0 Å². The van der Waals surface area contributed by atoms with Crippen LogP contribution in [0, 0.1) is 22.7 Å². The smallest absolute Gasteiger partial charge is 0.305 e. The predicted octanol–water partition coefficient (Wildman–Crippen LogP) is 0.955. The van der Waals surface area contributed by atoms with Gasteiger partial charge in [-0.15, -0.1) is 0 Å². The monoisotopic (exact) mass is 720 g/mol. The Morgan fingerprint density at radius 3 is 2.18 bits per heavy atom. The molecule has 0 spiro atoms. The highest BCUT2D eigenvalue weighted by Crippen LogP contribution is 2.64. The molecule has 16 heteroatoms. The van der Waals surface area contributed by atoms with E-state index in [0.29, 0.717) is 19.3 Å². The number of fused-ring (bicyclic) bond motifs is 2. The van der Waals surface area contributed by atoms with Crippen molar-refractivity contribution < 1.29 is 52.2 Å². The van der Waals surface area contributed by atoms with E-state index in [2.05, 4.69) is 20.7 Å². The Kier molecular flexibility index (Phi) is 13.8. The number of hydrogen-bond acceptors (Lipinski definition) is 9. The fraction of sp³-hybridized carbons (Fsp3) is 0.618. The molecule has 5 unspecified atom stereocenters. The summed E-state index contributed by atoms with van der Waals surface area (Å²) in [6, 6.07) is 6.36. The summed E-state index contributed by atoms with van der Waals surface area (Å²) in [5.41, 5.74) is -0.700. The number of hydrogen-bond donors (Lipinski definition) is 6. The Labute approximate surface area is 291 Å². The highest BCUT2D eigenvalue weighted by atomic mass is 32.2. The van der Waals surface area contributed by atoms with Crippen molar-refractivity contribution in [2.45, 2.75) is 90.6 Å². The number of carboxylic acids is 2. The van der Waals surface area contributed by atoms with E-state index in [4.69, 9.17) is 5.11 Å². The summed E-state index contributed by atoms with van der Waals surface area (Å²) in [5, 5.41) is 26.0. The maximum Gasteiger partial charge on any atom is 0.305 e. The Hall–Kier alpha value is -4.18. The number of rotatable bonds is 21. The molecule has 50 heavy (non-hydrogen) atoms. The van der Waals surface area contributed by atoms with Crippen molar-refractivity contribution in [3.05, 3.63) is 35.9 Å². The molecule has 2 aliphatic rings. The number of aryl methyl sites for hydroxylation is 1. The van der Waals surface area contributed by atoms with Gasteiger partial charge in [0.15, 0.2) is 5.78 Å². The largest absolute Gasteiger partial charge is 0.481 e. The van der Waals surface area contributed by atoms with Gasteiger partial charge in [0.05, 0.1) is 30.7 Å². The van der Waals surface area contributed by atoms with E-state index < -0.39 is 99.4 Å². The second kappa shape index (κ2) is 17.2. The van der Waals surface area contributed by atoms with Crippen LogP contribution in [0.25, 0.3) is 0 Å². The number of carbonyl (C=O) groups excluding carboxylic acids is 5. The van der Waals surface area contributed by atoms with Gasteiger partial charge in [-0.2, -0.15) is 0 Å². The third kappa shape index (κ3) is 10.4. The third-order valence-electron chi connectivity index (χ3n) is 10.3. The maximum atomic E-state index is 13.2. The van der Waals surface area contributed by atoms with Gasteiger partial charge in [-0.3, -0.25) is 33.6 Å². The van der Waals surface area contributed by atoms with Crippen LogP contribution in [-0.2, 0) is 50.0 Å². The van der Waals surface area contributed by atoms with Crippen LogP contribution in [0.4, 0.5) is 0 Å². The number of amides is 3. The zero-order valence-electron chi connectivity index (χ0n) is 28.7. The van der Waals surface area contributed by atoms with Gasteiger partial charge < -0.3 is 26.2 Å². The number of Topliss-reactive ketones (excluding diaryl/α,β-unsaturated/α-hetero) is 2. The van der Waals surface area contributed by atoms with E-state index in [-0.39, 0.29) is 37.5 Å². The lowest BCUT2D eigenvalue weighted by Gasteiger charge is -2.36. The number of sulfonamides is 1. The fourth-order valence-corrected chi connectivity index (χ4v) is 8.76. The number of carbonyl (C=O) groups is 7. The molecule has 0 radical (unpaired) electrons. The molecule has 3 rings (SSSR count). The quantitative estimate of drug-likeness (QED) is 0.104. The summed E-state index contributed by atoms with van der Waals surface area (Å²) in [6.45, 7) is 4.28. The van der Waals surface area contributed by atoms with Crippen LogP contribution in [0.2, 0.25) is 0 Å². The first-order valence-electron chi connectivity index (χ1n) is 16.8. The first-order valence-corrected chi connectivity index (χ1v) is 18.4. The number of nitrogens with one attached hydrogen (secondary N) is 4. The number of benzene rings is 1. The van der Waals surface area contributed by atoms with Gasteiger partial charge >= 0.3 is 11.9 Å². The number of aliphatic carboxylic acids is 2. The van der Waals surface area contributed by atoms with Crippen LogP contribution >= 0.6 is 0 Å². The highest BCUT2D eigenvalue weighted by molar-refractivity contribution is 7.89. The lowest BCUT2D eigenvalue weighted by atomic mass is 9.70. The molecule has 6 N–H and O–H groups in total. The molecule has 2 bridgehead atoms. The molecule has 2 aliphatic carbocycles. The van der Waals surface area contributed by atoms with Crippen LogP contribution in [0.3, 0.4) is 0 Å². The second-order valence-corrected chi connectivity index (χ2v) is 15.6. The minimum Gasteiger partial charge on any atom is -0.481 e. The van der Waals surface area contributed by atoms with Crippen LogP contribution in [0.1, 0.15) is 77.7 Å². The molecule has 2 fully saturated rings. The molecule has 3 amide bonds. The van der Waals surface area contributed by atoms with Gasteiger partial charge in [0.25, 0.3) is 0 Å². The zero-order valence-corrected chi connectivity index (χ0v) is 29.5. The Morgan fingerprint density at radius 2 is 1.62 bits per heavy atom. The Balaban J connectivity index is 1.58. The molecule has 0 aliphatic heterocycles. The minimum absolute atomic E-state index is 0.0491. The Morgan fingerprint density at radius 1 is 0.940 bits per heavy atom. The van der Waals surface area contributed by atoms with E-state index in [0.717, 1.165) is 12.0 Å². The molecule has 276 valence electrons. The lowest BCUT2D eigenvalue weighted by Crippen LogP contribution is -2.52. The first kappa shape index (κ1) is 40.3. The van der Waals surface area contributed by atoms with Crippen LogP contribution in [0.15, 0.2) is 30.3 Å². The zero-order chi connectivity index (χ0) is 37.3. The van der Waals surface area contributed by atoms with Gasteiger partial charge in [0, 0.05) is 31.2 Å². The van der Waals surface area contributed by atoms with Gasteiger partial charge in [-0.1, -0.05) is 51.1 Å². The van der Waals surface area contributed by atoms with Crippen LogP contribution in [0.5, 0.6) is 0 Å². The van der Waals surface area contributed by atoms with Crippen molar-refractivity contribution in [2.75, 3.05) is 18.8 Å². The molecule has 0 saturated heterocycles. The van der Waals surface area contributed by atoms with Crippen molar-refractivity contribution in [3.8, 4) is 0 Å². The van der Waals surface area contributed by atoms with Crippen molar-refractivity contribution in [1.82, 2.24) is 20.7 Å². The molecule has 1 aromatic rings. The average molecular weight is 721 g/mol. The Bertz CT molecular complexity index is 1560. The van der Waals surface area contributed by atoms with Crippen molar-refractivity contribution in [2.24, 2.45) is 22.7 Å². The summed E-state index contributed by atoms with van der Waals surface area (Å²) in [4.78, 5) is 87.4. The molecule has 5 atom stereocenters. The summed E-state index contributed by atoms with van der Waals surface area (Å²) < 4.78 is 28.3. The van der Waals surface area contributed by atoms with Gasteiger partial charge in [0.2, 0.25) is 27.7 Å². The van der Waals surface area contributed by atoms with Gasteiger partial charge in [-0.05, 0) is 49.0 Å². The number of ketones is 2. The summed E-state index contributed by atoms with van der Waals surface area (Å²) in [5.74, 6) is -6.98. The van der Waals surface area contributed by atoms with E-state index in [1.807, 2.05) is 44.2 Å². The summed E-state index contributed by atoms with van der Waals surface area (Å²) in [7, 11) is -4.15. The fourth-order valence-electron chi connectivity index (χ4n) is 6.97. The molecule has 15 nitrogen and oxygen atoms in total. The van der Waals surface area contributed by atoms with Crippen molar-refractivity contribution >= 4 is 51.2 Å². The van der Waals surface area contributed by atoms with E-state index in [1.165, 1.54) is 0 Å². The SMILES string of the molecule is CCC(CNC(=O)C(CCC(=O)O)NC(=O)CCc1ccccc1)C(=O)NC(CC(=O)O)C(=O)CNS(=O)(=O)CC12CCC(CC1=O)C2(C)C. The normalized spacial score (nSPS) is 21.1. The number of carboxylic acid groups (broad SMARTS) is 2. The van der Waals surface area contributed by atoms with E-state index in [9.17, 15) is 47.1 Å². The van der Waals surface area contributed by atoms with E-state index >= 15 is 0 Å². The maximum absolute atomic E-state index is 13.2. The molecule has 1 aromatic carbocycles. The lowest BCUT2D eigenvalue weighted by molar-refractivity contribution is -0.140. The molecular formula is C34H48N4O11S.